The third kappa shape index (κ3) is 2.00. The fraction of sp³-hybridized carbons (Fsp3) is 0.250. The number of nitrogens with zero attached hydrogens (tertiary/aromatic N) is 3. The first kappa shape index (κ1) is 10.5. The summed E-state index contributed by atoms with van der Waals surface area (Å²) in [5.41, 5.74) is 2.28. The summed E-state index contributed by atoms with van der Waals surface area (Å²) in [5.74, 6) is 0. The van der Waals surface area contributed by atoms with Crippen molar-refractivity contribution in [2.45, 2.75) is 19.9 Å². The van der Waals surface area contributed by atoms with Gasteiger partial charge in [-0.15, -0.1) is 0 Å². The average Bonchev–Trinajstić information content (AvgIpc) is 2.74. The lowest BCUT2D eigenvalue weighted by Crippen LogP contribution is -1.96. The van der Waals surface area contributed by atoms with Crippen molar-refractivity contribution in [3.63, 3.8) is 0 Å². The van der Waals surface area contributed by atoms with E-state index in [0.29, 0.717) is 5.56 Å². The molecule has 0 amide bonds. The van der Waals surface area contributed by atoms with Crippen LogP contribution in [-0.2, 0) is 6.54 Å². The molecule has 0 saturated heterocycles. The SMILES string of the molecule is CCCn1cc(C=O)c(-c2ccncc2)n1. The van der Waals surface area contributed by atoms with Crippen molar-refractivity contribution in [1.29, 1.82) is 0 Å². The number of aromatic nitrogens is 3. The Kier molecular flexibility index (Phi) is 3.10. The lowest BCUT2D eigenvalue weighted by atomic mass is 10.1. The third-order valence-electron chi connectivity index (χ3n) is 2.32. The number of pyridine rings is 1. The molecule has 0 fully saturated rings. The van der Waals surface area contributed by atoms with E-state index in [-0.39, 0.29) is 0 Å². The van der Waals surface area contributed by atoms with Crippen LogP contribution in [0.3, 0.4) is 0 Å². The lowest BCUT2D eigenvalue weighted by Gasteiger charge is -1.97. The summed E-state index contributed by atoms with van der Waals surface area (Å²) in [6, 6.07) is 3.71. The Morgan fingerprint density at radius 1 is 1.38 bits per heavy atom. The molecular weight excluding hydrogens is 202 g/mol. The number of aldehydes is 1. The largest absolute Gasteiger partial charge is 0.298 e. The first-order chi connectivity index (χ1) is 7.85. The molecule has 16 heavy (non-hydrogen) atoms. The maximum Gasteiger partial charge on any atom is 0.153 e. The Hall–Kier alpha value is -1.97. The third-order valence-corrected chi connectivity index (χ3v) is 2.32. The Morgan fingerprint density at radius 2 is 2.12 bits per heavy atom. The second kappa shape index (κ2) is 4.70. The Morgan fingerprint density at radius 3 is 2.75 bits per heavy atom. The molecule has 0 aliphatic carbocycles. The van der Waals surface area contributed by atoms with E-state index in [4.69, 9.17) is 0 Å². The zero-order valence-electron chi connectivity index (χ0n) is 9.13. The molecule has 4 heteroatoms. The molecule has 0 spiro atoms. The zero-order valence-corrected chi connectivity index (χ0v) is 9.13. The van der Waals surface area contributed by atoms with Gasteiger partial charge in [0.2, 0.25) is 0 Å². The normalized spacial score (nSPS) is 10.3. The van der Waals surface area contributed by atoms with Crippen LogP contribution in [0.1, 0.15) is 23.7 Å². The fourth-order valence-electron chi connectivity index (χ4n) is 1.60. The van der Waals surface area contributed by atoms with Gasteiger partial charge in [0.15, 0.2) is 6.29 Å². The molecule has 0 atom stereocenters. The maximum absolute atomic E-state index is 10.9. The van der Waals surface area contributed by atoms with Crippen molar-refractivity contribution in [1.82, 2.24) is 14.8 Å². The minimum absolute atomic E-state index is 0.625. The van der Waals surface area contributed by atoms with Crippen LogP contribution in [0, 0.1) is 0 Å². The second-order valence-corrected chi connectivity index (χ2v) is 3.55. The van der Waals surface area contributed by atoms with Gasteiger partial charge in [-0.25, -0.2) is 0 Å². The highest BCUT2D eigenvalue weighted by Crippen LogP contribution is 2.19. The van der Waals surface area contributed by atoms with Crippen LogP contribution in [0.25, 0.3) is 11.3 Å². The van der Waals surface area contributed by atoms with Crippen LogP contribution in [0.4, 0.5) is 0 Å². The quantitative estimate of drug-likeness (QED) is 0.734. The van der Waals surface area contributed by atoms with E-state index in [1.165, 1.54) is 0 Å². The molecule has 0 aromatic carbocycles. The topological polar surface area (TPSA) is 47.8 Å². The summed E-state index contributed by atoms with van der Waals surface area (Å²) in [7, 11) is 0. The van der Waals surface area contributed by atoms with Crippen LogP contribution in [0.5, 0.6) is 0 Å². The molecule has 0 N–H and O–H groups in total. The van der Waals surface area contributed by atoms with E-state index in [1.54, 1.807) is 23.3 Å². The summed E-state index contributed by atoms with van der Waals surface area (Å²) in [4.78, 5) is 14.9. The van der Waals surface area contributed by atoms with Crippen molar-refractivity contribution in [2.75, 3.05) is 0 Å². The molecule has 0 aliphatic rings. The second-order valence-electron chi connectivity index (χ2n) is 3.55. The number of aryl methyl sites for hydroxylation is 1. The average molecular weight is 215 g/mol. The molecule has 0 aliphatic heterocycles. The number of rotatable bonds is 4. The van der Waals surface area contributed by atoms with Crippen molar-refractivity contribution < 1.29 is 4.79 Å². The molecule has 4 nitrogen and oxygen atoms in total. The predicted octanol–water partition coefficient (Wildman–Crippen LogP) is 2.17. The van der Waals surface area contributed by atoms with Crippen LogP contribution >= 0.6 is 0 Å². The van der Waals surface area contributed by atoms with Gasteiger partial charge in [-0.1, -0.05) is 6.92 Å². The van der Waals surface area contributed by atoms with Crippen LogP contribution in [0.15, 0.2) is 30.7 Å². The number of carbonyl (C=O) groups is 1. The van der Waals surface area contributed by atoms with Gasteiger partial charge in [0.05, 0.1) is 5.56 Å². The first-order valence-electron chi connectivity index (χ1n) is 5.28. The molecule has 2 heterocycles. The Bertz CT molecular complexity index is 476. The molecule has 0 bridgehead atoms. The highest BCUT2D eigenvalue weighted by Gasteiger charge is 2.09. The van der Waals surface area contributed by atoms with Gasteiger partial charge in [-0.3, -0.25) is 14.5 Å². The van der Waals surface area contributed by atoms with E-state index in [9.17, 15) is 4.79 Å². The van der Waals surface area contributed by atoms with E-state index < -0.39 is 0 Å². The minimum Gasteiger partial charge on any atom is -0.298 e. The van der Waals surface area contributed by atoms with E-state index in [0.717, 1.165) is 30.5 Å². The zero-order chi connectivity index (χ0) is 11.4. The highest BCUT2D eigenvalue weighted by molar-refractivity contribution is 5.85. The minimum atomic E-state index is 0.625. The molecule has 2 aromatic heterocycles. The molecule has 82 valence electrons. The monoisotopic (exact) mass is 215 g/mol. The summed E-state index contributed by atoms with van der Waals surface area (Å²) < 4.78 is 1.81. The summed E-state index contributed by atoms with van der Waals surface area (Å²) in [6.07, 6.45) is 7.02. The van der Waals surface area contributed by atoms with Gasteiger partial charge in [0, 0.05) is 30.7 Å². The smallest absolute Gasteiger partial charge is 0.153 e. The van der Waals surface area contributed by atoms with E-state index in [1.807, 2.05) is 12.1 Å². The molecular formula is C12H13N3O. The number of carbonyl (C=O) groups excluding carboxylic acids is 1. The summed E-state index contributed by atoms with van der Waals surface area (Å²) in [5, 5.41) is 4.40. The van der Waals surface area contributed by atoms with E-state index >= 15 is 0 Å². The molecule has 0 radical (unpaired) electrons. The predicted molar refractivity (Wildman–Crippen MR) is 61.1 cm³/mol. The Balaban J connectivity index is 2.43. The first-order valence-corrected chi connectivity index (χ1v) is 5.28. The van der Waals surface area contributed by atoms with Gasteiger partial charge in [-0.05, 0) is 18.6 Å². The van der Waals surface area contributed by atoms with Gasteiger partial charge in [0.1, 0.15) is 5.69 Å². The van der Waals surface area contributed by atoms with Crippen molar-refractivity contribution in [3.05, 3.63) is 36.3 Å². The van der Waals surface area contributed by atoms with Crippen molar-refractivity contribution in [3.8, 4) is 11.3 Å². The van der Waals surface area contributed by atoms with Crippen LogP contribution < -0.4 is 0 Å². The van der Waals surface area contributed by atoms with E-state index in [2.05, 4.69) is 17.0 Å². The standard InChI is InChI=1S/C12H13N3O/c1-2-7-15-8-11(9-16)12(14-15)10-3-5-13-6-4-10/h3-6,8-9H,2,7H2,1H3. The van der Waals surface area contributed by atoms with Crippen LogP contribution in [0.2, 0.25) is 0 Å². The molecule has 0 saturated carbocycles. The molecule has 0 unspecified atom stereocenters. The fourth-order valence-corrected chi connectivity index (χ4v) is 1.60. The molecule has 2 aromatic rings. The maximum atomic E-state index is 10.9. The van der Waals surface area contributed by atoms with Crippen LogP contribution in [-0.4, -0.2) is 21.1 Å². The van der Waals surface area contributed by atoms with Gasteiger partial charge < -0.3 is 0 Å². The van der Waals surface area contributed by atoms with Crippen molar-refractivity contribution >= 4 is 6.29 Å². The lowest BCUT2D eigenvalue weighted by molar-refractivity contribution is 0.112. The van der Waals surface area contributed by atoms with Crippen molar-refractivity contribution in [2.24, 2.45) is 0 Å². The van der Waals surface area contributed by atoms with Gasteiger partial charge in [-0.2, -0.15) is 5.10 Å². The number of hydrogen-bond acceptors (Lipinski definition) is 3. The summed E-state index contributed by atoms with van der Waals surface area (Å²) >= 11 is 0. The number of hydrogen-bond donors (Lipinski definition) is 0. The Labute approximate surface area is 93.9 Å². The van der Waals surface area contributed by atoms with Gasteiger partial charge >= 0.3 is 0 Å². The molecule has 2 rings (SSSR count). The summed E-state index contributed by atoms with van der Waals surface area (Å²) in [6.45, 7) is 2.90. The highest BCUT2D eigenvalue weighted by atomic mass is 16.1. The van der Waals surface area contributed by atoms with Gasteiger partial charge in [0.25, 0.3) is 0 Å².